The highest BCUT2D eigenvalue weighted by atomic mass is 32.1. The smallest absolute Gasteiger partial charge is 0.241 e. The summed E-state index contributed by atoms with van der Waals surface area (Å²) in [6.07, 6.45) is 6.54. The Labute approximate surface area is 175 Å². The molecule has 0 aromatic carbocycles. The molecule has 2 aliphatic heterocycles. The third-order valence-electron chi connectivity index (χ3n) is 6.24. The number of likely N-dealkylation sites (tertiary alicyclic amines) is 2. The number of hydrogen-bond acceptors (Lipinski definition) is 6. The molecule has 0 saturated carbocycles. The Kier molecular flexibility index (Phi) is 5.99. The lowest BCUT2D eigenvalue weighted by Crippen LogP contribution is -2.46. The number of nitrogens with one attached hydrogen (secondary N) is 1. The summed E-state index contributed by atoms with van der Waals surface area (Å²) < 4.78 is 0. The molecule has 0 bridgehead atoms. The summed E-state index contributed by atoms with van der Waals surface area (Å²) in [4.78, 5) is 40.2. The van der Waals surface area contributed by atoms with Crippen LogP contribution in [0.3, 0.4) is 0 Å². The van der Waals surface area contributed by atoms with Gasteiger partial charge in [0.25, 0.3) is 0 Å². The van der Waals surface area contributed by atoms with E-state index < -0.39 is 0 Å². The zero-order chi connectivity index (χ0) is 20.4. The Bertz CT molecular complexity index is 898. The fourth-order valence-electron chi connectivity index (χ4n) is 4.34. The third-order valence-corrected chi connectivity index (χ3v) is 7.35. The number of hydrogen-bond donors (Lipinski definition) is 1. The Morgan fingerprint density at radius 1 is 1.07 bits per heavy atom. The maximum Gasteiger partial charge on any atom is 0.241 e. The molecule has 2 aliphatic rings. The fraction of sp³-hybridized carbons (Fsp3) is 0.619. The van der Waals surface area contributed by atoms with Crippen LogP contribution in [-0.4, -0.2) is 64.3 Å². The number of anilines is 1. The molecular weight excluding hydrogens is 386 g/mol. The molecule has 2 aromatic heterocycles. The number of piperidine rings is 2. The van der Waals surface area contributed by atoms with Crippen molar-refractivity contribution in [2.24, 2.45) is 5.92 Å². The molecule has 2 fully saturated rings. The van der Waals surface area contributed by atoms with Crippen LogP contribution in [0.5, 0.6) is 0 Å². The van der Waals surface area contributed by atoms with Gasteiger partial charge in [-0.25, -0.2) is 9.97 Å². The summed E-state index contributed by atoms with van der Waals surface area (Å²) in [7, 11) is 0. The quantitative estimate of drug-likeness (QED) is 0.831. The maximum atomic E-state index is 12.7. The van der Waals surface area contributed by atoms with Gasteiger partial charge in [-0.1, -0.05) is 0 Å². The molecule has 2 aromatic rings. The number of carbonyl (C=O) groups excluding carboxylic acids is 2. The van der Waals surface area contributed by atoms with E-state index in [-0.39, 0.29) is 18.4 Å². The second-order valence-electron chi connectivity index (χ2n) is 8.08. The van der Waals surface area contributed by atoms with E-state index in [1.54, 1.807) is 17.7 Å². The summed E-state index contributed by atoms with van der Waals surface area (Å²) >= 11 is 1.65. The monoisotopic (exact) mass is 415 g/mol. The van der Waals surface area contributed by atoms with Gasteiger partial charge in [0.15, 0.2) is 0 Å². The van der Waals surface area contributed by atoms with Crippen LogP contribution in [0.15, 0.2) is 6.33 Å². The van der Waals surface area contributed by atoms with Crippen LogP contribution in [-0.2, 0) is 9.59 Å². The first-order valence-electron chi connectivity index (χ1n) is 10.6. The van der Waals surface area contributed by atoms with Crippen molar-refractivity contribution in [3.8, 4) is 0 Å². The second-order valence-corrected chi connectivity index (χ2v) is 9.28. The number of carbonyl (C=O) groups is 2. The van der Waals surface area contributed by atoms with Crippen molar-refractivity contribution in [3.63, 3.8) is 0 Å². The average molecular weight is 416 g/mol. The van der Waals surface area contributed by atoms with Crippen LogP contribution < -0.4 is 5.32 Å². The molecule has 0 atom stereocenters. The van der Waals surface area contributed by atoms with Crippen LogP contribution >= 0.6 is 11.3 Å². The van der Waals surface area contributed by atoms with Crippen molar-refractivity contribution in [2.45, 2.75) is 46.0 Å². The van der Waals surface area contributed by atoms with E-state index in [1.165, 1.54) is 11.3 Å². The first kappa shape index (κ1) is 20.1. The Morgan fingerprint density at radius 3 is 2.52 bits per heavy atom. The van der Waals surface area contributed by atoms with Gasteiger partial charge in [-0.2, -0.15) is 0 Å². The minimum Gasteiger partial charge on any atom is -0.360 e. The highest BCUT2D eigenvalue weighted by Gasteiger charge is 2.30. The van der Waals surface area contributed by atoms with E-state index in [2.05, 4.69) is 29.1 Å². The average Bonchev–Trinajstić information content (AvgIpc) is 3.06. The van der Waals surface area contributed by atoms with Crippen LogP contribution in [0.4, 0.5) is 5.82 Å². The molecule has 0 radical (unpaired) electrons. The number of amides is 2. The van der Waals surface area contributed by atoms with Gasteiger partial charge >= 0.3 is 0 Å². The van der Waals surface area contributed by atoms with Crippen molar-refractivity contribution in [1.29, 1.82) is 0 Å². The lowest BCUT2D eigenvalue weighted by Gasteiger charge is -2.35. The lowest BCUT2D eigenvalue weighted by molar-refractivity contribution is -0.140. The summed E-state index contributed by atoms with van der Waals surface area (Å²) in [6.45, 7) is 7.46. The van der Waals surface area contributed by atoms with E-state index >= 15 is 0 Å². The standard InChI is InChI=1S/C21H29N5O2S/c1-14-15(2)29-20-18(14)19(23-13-24-20)22-12-17(27)25-10-6-16(7-11-25)21(28)26-8-4-3-5-9-26/h13,16H,3-12H2,1-2H3,(H,22,23,24). The molecule has 4 heterocycles. The van der Waals surface area contributed by atoms with E-state index in [0.717, 1.165) is 60.4 Å². The van der Waals surface area contributed by atoms with Crippen molar-refractivity contribution < 1.29 is 9.59 Å². The third kappa shape index (κ3) is 4.22. The number of rotatable bonds is 4. The topological polar surface area (TPSA) is 78.4 Å². The molecule has 0 aliphatic carbocycles. The van der Waals surface area contributed by atoms with Crippen molar-refractivity contribution >= 4 is 39.2 Å². The highest BCUT2D eigenvalue weighted by Crippen LogP contribution is 2.32. The minimum atomic E-state index is 0.0604. The molecule has 156 valence electrons. The summed E-state index contributed by atoms with van der Waals surface area (Å²) in [6, 6.07) is 0. The van der Waals surface area contributed by atoms with Gasteiger partial charge in [0.05, 0.1) is 11.9 Å². The van der Waals surface area contributed by atoms with Crippen molar-refractivity contribution in [1.82, 2.24) is 19.8 Å². The van der Waals surface area contributed by atoms with E-state index in [1.807, 2.05) is 9.80 Å². The van der Waals surface area contributed by atoms with Gasteiger partial charge < -0.3 is 15.1 Å². The lowest BCUT2D eigenvalue weighted by atomic mass is 9.94. The van der Waals surface area contributed by atoms with Crippen molar-refractivity contribution in [3.05, 3.63) is 16.8 Å². The van der Waals surface area contributed by atoms with Gasteiger partial charge in [-0.15, -0.1) is 11.3 Å². The summed E-state index contributed by atoms with van der Waals surface area (Å²) in [5.74, 6) is 1.15. The zero-order valence-electron chi connectivity index (χ0n) is 17.2. The first-order chi connectivity index (χ1) is 14.0. The van der Waals surface area contributed by atoms with Crippen LogP contribution in [0, 0.1) is 19.8 Å². The molecule has 2 amide bonds. The molecule has 7 nitrogen and oxygen atoms in total. The Balaban J connectivity index is 1.31. The summed E-state index contributed by atoms with van der Waals surface area (Å²) in [5, 5.41) is 4.22. The molecule has 1 N–H and O–H groups in total. The Hall–Kier alpha value is -2.22. The molecule has 4 rings (SSSR count). The number of fused-ring (bicyclic) bond motifs is 1. The highest BCUT2D eigenvalue weighted by molar-refractivity contribution is 7.18. The number of aryl methyl sites for hydroxylation is 2. The van der Waals surface area contributed by atoms with E-state index in [0.29, 0.717) is 19.0 Å². The van der Waals surface area contributed by atoms with Gasteiger partial charge in [0.2, 0.25) is 11.8 Å². The summed E-state index contributed by atoms with van der Waals surface area (Å²) in [5.41, 5.74) is 1.16. The van der Waals surface area contributed by atoms with Gasteiger partial charge in [-0.05, 0) is 51.5 Å². The largest absolute Gasteiger partial charge is 0.360 e. The Morgan fingerprint density at radius 2 is 1.79 bits per heavy atom. The SMILES string of the molecule is Cc1sc2ncnc(NCC(=O)N3CCC(C(=O)N4CCCCC4)CC3)c2c1C. The van der Waals surface area contributed by atoms with E-state index in [9.17, 15) is 9.59 Å². The predicted molar refractivity (Wildman–Crippen MR) is 115 cm³/mol. The molecular formula is C21H29N5O2S. The fourth-order valence-corrected chi connectivity index (χ4v) is 5.33. The zero-order valence-corrected chi connectivity index (χ0v) is 18.1. The molecule has 0 unspecified atom stereocenters. The molecule has 0 spiro atoms. The van der Waals surface area contributed by atoms with E-state index in [4.69, 9.17) is 0 Å². The molecule has 29 heavy (non-hydrogen) atoms. The number of thiophene rings is 1. The molecule has 8 heteroatoms. The predicted octanol–water partition coefficient (Wildman–Crippen LogP) is 2.97. The van der Waals surface area contributed by atoms with Gasteiger partial charge in [-0.3, -0.25) is 9.59 Å². The van der Waals surface area contributed by atoms with Crippen LogP contribution in [0.2, 0.25) is 0 Å². The van der Waals surface area contributed by atoms with Gasteiger partial charge in [0, 0.05) is 37.0 Å². The number of aromatic nitrogens is 2. The maximum absolute atomic E-state index is 12.7. The van der Waals surface area contributed by atoms with Gasteiger partial charge in [0.1, 0.15) is 17.0 Å². The molecule has 2 saturated heterocycles. The van der Waals surface area contributed by atoms with Crippen LogP contribution in [0.1, 0.15) is 42.5 Å². The van der Waals surface area contributed by atoms with Crippen LogP contribution in [0.25, 0.3) is 10.2 Å². The van der Waals surface area contributed by atoms with Crippen molar-refractivity contribution in [2.75, 3.05) is 38.0 Å². The normalized spacial score (nSPS) is 18.3. The second kappa shape index (κ2) is 8.65. The minimum absolute atomic E-state index is 0.0604. The number of nitrogens with zero attached hydrogens (tertiary/aromatic N) is 4. The first-order valence-corrected chi connectivity index (χ1v) is 11.4.